The summed E-state index contributed by atoms with van der Waals surface area (Å²) in [6.07, 6.45) is 3.13. The number of benzene rings is 1. The Morgan fingerprint density at radius 3 is 2.44 bits per heavy atom. The van der Waals surface area contributed by atoms with E-state index in [1.165, 1.54) is 16.7 Å². The highest BCUT2D eigenvalue weighted by Crippen LogP contribution is 2.39. The van der Waals surface area contributed by atoms with Crippen LogP contribution in [0.5, 0.6) is 5.75 Å². The molecule has 0 fully saturated rings. The maximum absolute atomic E-state index is 11.2. The second-order valence-corrected chi connectivity index (χ2v) is 4.75. The van der Waals surface area contributed by atoms with Crippen LogP contribution in [0.4, 0.5) is 0 Å². The summed E-state index contributed by atoms with van der Waals surface area (Å²) in [7, 11) is 1.61. The summed E-state index contributed by atoms with van der Waals surface area (Å²) in [5, 5.41) is 0. The maximum atomic E-state index is 11.2. The number of ether oxygens (including phenoxy) is 1. The van der Waals surface area contributed by atoms with Crippen LogP contribution in [0.15, 0.2) is 41.0 Å². The van der Waals surface area contributed by atoms with Crippen molar-refractivity contribution in [3.05, 3.63) is 52.1 Å². The van der Waals surface area contributed by atoms with E-state index >= 15 is 0 Å². The first-order chi connectivity index (χ1) is 8.58. The Balaban J connectivity index is 2.50. The van der Waals surface area contributed by atoms with Crippen LogP contribution in [0.1, 0.15) is 42.6 Å². The van der Waals surface area contributed by atoms with Gasteiger partial charge in [-0.2, -0.15) is 0 Å². The van der Waals surface area contributed by atoms with Gasteiger partial charge in [-0.05, 0) is 44.0 Å². The summed E-state index contributed by atoms with van der Waals surface area (Å²) in [6.45, 7) is 6.38. The standard InChI is InChI=1S/C16H18O2/c1-10-7-16(12(3)11(10)2)15-6-5-14(18-4)8-13(15)9-17/h5-9,16H,1-4H3. The molecule has 1 aliphatic rings. The molecule has 0 aromatic heterocycles. The van der Waals surface area contributed by atoms with Crippen LogP contribution in [0.2, 0.25) is 0 Å². The Bertz CT molecular complexity index is 550. The Hall–Kier alpha value is -1.83. The van der Waals surface area contributed by atoms with Gasteiger partial charge in [0, 0.05) is 11.5 Å². The Kier molecular flexibility index (Phi) is 3.37. The molecule has 94 valence electrons. The molecule has 0 saturated heterocycles. The molecule has 0 saturated carbocycles. The lowest BCUT2D eigenvalue weighted by Gasteiger charge is -2.14. The van der Waals surface area contributed by atoms with Crippen LogP contribution in [0, 0.1) is 0 Å². The van der Waals surface area contributed by atoms with E-state index in [2.05, 4.69) is 26.8 Å². The van der Waals surface area contributed by atoms with Crippen LogP contribution < -0.4 is 4.74 Å². The van der Waals surface area contributed by atoms with Gasteiger partial charge in [-0.15, -0.1) is 0 Å². The zero-order valence-electron chi connectivity index (χ0n) is 11.3. The second kappa shape index (κ2) is 4.81. The van der Waals surface area contributed by atoms with E-state index in [4.69, 9.17) is 4.74 Å². The van der Waals surface area contributed by atoms with Crippen molar-refractivity contribution < 1.29 is 9.53 Å². The van der Waals surface area contributed by atoms with Crippen molar-refractivity contribution >= 4 is 6.29 Å². The van der Waals surface area contributed by atoms with Crippen LogP contribution >= 0.6 is 0 Å². The molecule has 2 nitrogen and oxygen atoms in total. The fraction of sp³-hybridized carbons (Fsp3) is 0.312. The van der Waals surface area contributed by atoms with Crippen LogP contribution in [0.3, 0.4) is 0 Å². The van der Waals surface area contributed by atoms with Crippen molar-refractivity contribution in [3.63, 3.8) is 0 Å². The molecule has 18 heavy (non-hydrogen) atoms. The first-order valence-electron chi connectivity index (χ1n) is 6.07. The summed E-state index contributed by atoms with van der Waals surface area (Å²) < 4.78 is 5.16. The predicted molar refractivity (Wildman–Crippen MR) is 73.3 cm³/mol. The number of carbonyl (C=O) groups excluding carboxylic acids is 1. The van der Waals surface area contributed by atoms with E-state index in [1.807, 2.05) is 12.1 Å². The molecule has 1 aromatic rings. The Morgan fingerprint density at radius 2 is 1.94 bits per heavy atom. The number of rotatable bonds is 3. The van der Waals surface area contributed by atoms with Gasteiger partial charge in [-0.1, -0.05) is 23.3 Å². The highest BCUT2D eigenvalue weighted by atomic mass is 16.5. The minimum Gasteiger partial charge on any atom is -0.497 e. The van der Waals surface area contributed by atoms with Crippen molar-refractivity contribution in [3.8, 4) is 5.75 Å². The zero-order chi connectivity index (χ0) is 13.3. The molecule has 2 heteroatoms. The molecule has 0 radical (unpaired) electrons. The molecule has 2 rings (SSSR count). The molecule has 0 bridgehead atoms. The molecule has 0 amide bonds. The number of aldehydes is 1. The first-order valence-corrected chi connectivity index (χ1v) is 6.07. The maximum Gasteiger partial charge on any atom is 0.150 e. The molecule has 0 N–H and O–H groups in total. The summed E-state index contributed by atoms with van der Waals surface area (Å²) in [4.78, 5) is 11.2. The fourth-order valence-electron chi connectivity index (χ4n) is 2.43. The van der Waals surface area contributed by atoms with Crippen molar-refractivity contribution in [1.82, 2.24) is 0 Å². The Labute approximate surface area is 108 Å². The quantitative estimate of drug-likeness (QED) is 0.752. The van der Waals surface area contributed by atoms with Gasteiger partial charge in [-0.25, -0.2) is 0 Å². The number of hydrogen-bond acceptors (Lipinski definition) is 2. The first kappa shape index (κ1) is 12.6. The highest BCUT2D eigenvalue weighted by Gasteiger charge is 2.22. The summed E-state index contributed by atoms with van der Waals surface area (Å²) >= 11 is 0. The van der Waals surface area contributed by atoms with E-state index in [0.717, 1.165) is 17.6 Å². The van der Waals surface area contributed by atoms with Gasteiger partial charge in [-0.3, -0.25) is 4.79 Å². The third-order valence-corrected chi connectivity index (χ3v) is 3.82. The van der Waals surface area contributed by atoms with E-state index < -0.39 is 0 Å². The largest absolute Gasteiger partial charge is 0.497 e. The molecule has 0 spiro atoms. The third kappa shape index (κ3) is 1.99. The number of methoxy groups -OCH3 is 1. The smallest absolute Gasteiger partial charge is 0.150 e. The monoisotopic (exact) mass is 242 g/mol. The zero-order valence-corrected chi connectivity index (χ0v) is 11.3. The average molecular weight is 242 g/mol. The van der Waals surface area contributed by atoms with Crippen molar-refractivity contribution in [1.29, 1.82) is 0 Å². The molecule has 1 aromatic carbocycles. The molecule has 0 heterocycles. The van der Waals surface area contributed by atoms with Gasteiger partial charge in [0.2, 0.25) is 0 Å². The number of allylic oxidation sites excluding steroid dienone is 4. The van der Waals surface area contributed by atoms with Gasteiger partial charge >= 0.3 is 0 Å². The lowest BCUT2D eigenvalue weighted by molar-refractivity contribution is 0.112. The van der Waals surface area contributed by atoms with Gasteiger partial charge in [0.1, 0.15) is 12.0 Å². The minimum atomic E-state index is 0.219. The van der Waals surface area contributed by atoms with Crippen molar-refractivity contribution in [2.45, 2.75) is 26.7 Å². The van der Waals surface area contributed by atoms with E-state index in [1.54, 1.807) is 13.2 Å². The van der Waals surface area contributed by atoms with E-state index in [9.17, 15) is 4.79 Å². The third-order valence-electron chi connectivity index (χ3n) is 3.82. The minimum absolute atomic E-state index is 0.219. The summed E-state index contributed by atoms with van der Waals surface area (Å²) in [6, 6.07) is 5.69. The summed E-state index contributed by atoms with van der Waals surface area (Å²) in [5.74, 6) is 0.939. The topological polar surface area (TPSA) is 26.3 Å². The van der Waals surface area contributed by atoms with Gasteiger partial charge in [0.25, 0.3) is 0 Å². The van der Waals surface area contributed by atoms with Crippen LogP contribution in [-0.4, -0.2) is 13.4 Å². The normalized spacial score (nSPS) is 18.9. The number of hydrogen-bond donors (Lipinski definition) is 0. The molecular weight excluding hydrogens is 224 g/mol. The Morgan fingerprint density at radius 1 is 1.22 bits per heavy atom. The van der Waals surface area contributed by atoms with Crippen LogP contribution in [0.25, 0.3) is 0 Å². The fourth-order valence-corrected chi connectivity index (χ4v) is 2.43. The van der Waals surface area contributed by atoms with Crippen LogP contribution in [-0.2, 0) is 0 Å². The van der Waals surface area contributed by atoms with Crippen molar-refractivity contribution in [2.75, 3.05) is 7.11 Å². The molecule has 1 unspecified atom stereocenters. The van der Waals surface area contributed by atoms with Gasteiger partial charge < -0.3 is 4.74 Å². The summed E-state index contributed by atoms with van der Waals surface area (Å²) in [5.41, 5.74) is 5.70. The molecule has 1 aliphatic carbocycles. The SMILES string of the molecule is COc1ccc(C2C=C(C)C(C)=C2C)c(C=O)c1. The average Bonchev–Trinajstić information content (AvgIpc) is 2.65. The van der Waals surface area contributed by atoms with Crippen molar-refractivity contribution in [2.24, 2.45) is 0 Å². The second-order valence-electron chi connectivity index (χ2n) is 4.75. The van der Waals surface area contributed by atoms with Gasteiger partial charge in [0.15, 0.2) is 0 Å². The predicted octanol–water partition coefficient (Wildman–Crippen LogP) is 3.89. The number of carbonyl (C=O) groups is 1. The van der Waals surface area contributed by atoms with E-state index in [0.29, 0.717) is 5.56 Å². The molecular formula is C16H18O2. The van der Waals surface area contributed by atoms with Gasteiger partial charge in [0.05, 0.1) is 7.11 Å². The highest BCUT2D eigenvalue weighted by molar-refractivity contribution is 5.79. The van der Waals surface area contributed by atoms with E-state index in [-0.39, 0.29) is 5.92 Å². The molecule has 0 aliphatic heterocycles. The lowest BCUT2D eigenvalue weighted by atomic mass is 9.90. The lowest BCUT2D eigenvalue weighted by Crippen LogP contribution is -2.00. The molecule has 1 atom stereocenters.